The van der Waals surface area contributed by atoms with Gasteiger partial charge in [-0.25, -0.2) is 9.78 Å². The molecule has 1 aromatic heterocycles. The predicted octanol–water partition coefficient (Wildman–Crippen LogP) is 4.29. The van der Waals surface area contributed by atoms with Gasteiger partial charge in [-0.05, 0) is 42.7 Å². The van der Waals surface area contributed by atoms with E-state index in [9.17, 15) is 4.79 Å². The van der Waals surface area contributed by atoms with E-state index >= 15 is 0 Å². The Balaban J connectivity index is 1.06. The molecule has 0 aliphatic carbocycles. The molecule has 0 spiro atoms. The fourth-order valence-electron chi connectivity index (χ4n) is 5.42. The highest BCUT2D eigenvalue weighted by atomic mass is 16.5. The van der Waals surface area contributed by atoms with Crippen LogP contribution < -0.4 is 4.90 Å². The fourth-order valence-corrected chi connectivity index (χ4v) is 5.42. The van der Waals surface area contributed by atoms with Gasteiger partial charge in [0.15, 0.2) is 0 Å². The number of rotatable bonds is 9. The Labute approximate surface area is 233 Å². The monoisotopic (exact) mass is 527 g/mol. The first-order valence-corrected chi connectivity index (χ1v) is 14.2. The third-order valence-corrected chi connectivity index (χ3v) is 7.57. The van der Waals surface area contributed by atoms with E-state index in [0.29, 0.717) is 5.56 Å². The molecular weight excluding hydrogens is 486 g/mol. The van der Waals surface area contributed by atoms with Gasteiger partial charge in [0, 0.05) is 78.2 Å². The second kappa shape index (κ2) is 13.2. The topological polar surface area (TPSA) is 52.2 Å². The van der Waals surface area contributed by atoms with Crippen molar-refractivity contribution in [3.05, 3.63) is 95.2 Å². The molecule has 2 fully saturated rings. The normalized spacial score (nSPS) is 17.5. The molecule has 3 heterocycles. The van der Waals surface area contributed by atoms with Crippen LogP contribution in [0, 0.1) is 0 Å². The van der Waals surface area contributed by atoms with Gasteiger partial charge in [0.2, 0.25) is 0 Å². The molecule has 0 N–H and O–H groups in total. The molecular formula is C32H41N5O2. The van der Waals surface area contributed by atoms with Crippen LogP contribution >= 0.6 is 0 Å². The van der Waals surface area contributed by atoms with E-state index in [0.717, 1.165) is 77.8 Å². The van der Waals surface area contributed by atoms with Crippen molar-refractivity contribution >= 4 is 11.8 Å². The van der Waals surface area contributed by atoms with Crippen molar-refractivity contribution < 1.29 is 9.53 Å². The fraction of sp³-hybridized carbons (Fsp3) is 0.438. The van der Waals surface area contributed by atoms with Gasteiger partial charge in [-0.3, -0.25) is 14.7 Å². The molecule has 0 unspecified atom stereocenters. The van der Waals surface area contributed by atoms with Crippen LogP contribution in [0.15, 0.2) is 72.9 Å². The van der Waals surface area contributed by atoms with Gasteiger partial charge in [0.25, 0.3) is 0 Å². The average molecular weight is 528 g/mol. The quantitative estimate of drug-likeness (QED) is 0.385. The van der Waals surface area contributed by atoms with Crippen LogP contribution in [-0.2, 0) is 24.4 Å². The lowest BCUT2D eigenvalue weighted by Gasteiger charge is -2.36. The highest BCUT2D eigenvalue weighted by Gasteiger charge is 2.24. The smallest absolute Gasteiger partial charge is 0.342 e. The Morgan fingerprint density at radius 3 is 1.69 bits per heavy atom. The van der Waals surface area contributed by atoms with Crippen LogP contribution in [0.25, 0.3) is 0 Å². The summed E-state index contributed by atoms with van der Waals surface area (Å²) >= 11 is 0. The van der Waals surface area contributed by atoms with Crippen molar-refractivity contribution in [3.8, 4) is 0 Å². The van der Waals surface area contributed by atoms with E-state index < -0.39 is 0 Å². The summed E-state index contributed by atoms with van der Waals surface area (Å²) in [5.74, 6) is 0.428. The van der Waals surface area contributed by atoms with Crippen LogP contribution in [0.4, 0.5) is 5.82 Å². The second-order valence-corrected chi connectivity index (χ2v) is 10.9. The largest absolute Gasteiger partial charge is 0.459 e. The van der Waals surface area contributed by atoms with Crippen LogP contribution in [0.3, 0.4) is 0 Å². The van der Waals surface area contributed by atoms with E-state index in [-0.39, 0.29) is 12.1 Å². The SMILES string of the molecule is CC(C)OC(=O)c1cccnc1N1CCN(Cc2ccc(CN3CCN(Cc4ccccc4)CC3)cc2)CC1. The van der Waals surface area contributed by atoms with E-state index in [1.165, 1.54) is 16.7 Å². The zero-order valence-electron chi connectivity index (χ0n) is 23.3. The zero-order valence-corrected chi connectivity index (χ0v) is 23.3. The lowest BCUT2D eigenvalue weighted by molar-refractivity contribution is 0.0378. The Hall–Kier alpha value is -3.26. The highest BCUT2D eigenvalue weighted by molar-refractivity contribution is 5.94. The van der Waals surface area contributed by atoms with E-state index in [1.54, 1.807) is 12.3 Å². The van der Waals surface area contributed by atoms with Crippen molar-refractivity contribution in [2.24, 2.45) is 0 Å². The molecule has 7 heteroatoms. The number of piperazine rings is 2. The van der Waals surface area contributed by atoms with Crippen molar-refractivity contribution in [2.45, 2.75) is 39.6 Å². The first-order chi connectivity index (χ1) is 19.0. The molecule has 2 aliphatic heterocycles. The molecule has 206 valence electrons. The average Bonchev–Trinajstić information content (AvgIpc) is 2.96. The summed E-state index contributed by atoms with van der Waals surface area (Å²) < 4.78 is 5.43. The van der Waals surface area contributed by atoms with Gasteiger partial charge in [0.05, 0.1) is 6.10 Å². The maximum Gasteiger partial charge on any atom is 0.342 e. The van der Waals surface area contributed by atoms with Crippen LogP contribution in [0.2, 0.25) is 0 Å². The van der Waals surface area contributed by atoms with Crippen molar-refractivity contribution in [3.63, 3.8) is 0 Å². The minimum Gasteiger partial charge on any atom is -0.459 e. The predicted molar refractivity (Wildman–Crippen MR) is 156 cm³/mol. The third-order valence-electron chi connectivity index (χ3n) is 7.57. The molecule has 0 atom stereocenters. The van der Waals surface area contributed by atoms with Gasteiger partial charge in [-0.15, -0.1) is 0 Å². The molecule has 2 aliphatic rings. The molecule has 2 aromatic carbocycles. The standard InChI is InChI=1S/C32H41N5O2/c1-26(2)39-32(38)30-9-6-14-33-31(30)37-21-19-36(20-22-37)25-29-12-10-28(11-13-29)24-35-17-15-34(16-18-35)23-27-7-4-3-5-8-27/h3-14,26H,15-25H2,1-2H3. The molecule has 3 aromatic rings. The molecule has 2 saturated heterocycles. The maximum atomic E-state index is 12.6. The lowest BCUT2D eigenvalue weighted by atomic mass is 10.1. The third kappa shape index (κ3) is 7.66. The number of carbonyl (C=O) groups excluding carboxylic acids is 1. The van der Waals surface area contributed by atoms with Crippen LogP contribution in [-0.4, -0.2) is 84.1 Å². The first-order valence-electron chi connectivity index (χ1n) is 14.2. The molecule has 0 radical (unpaired) electrons. The summed E-state index contributed by atoms with van der Waals surface area (Å²) in [6, 6.07) is 23.5. The summed E-state index contributed by atoms with van der Waals surface area (Å²) in [6.45, 7) is 14.8. The van der Waals surface area contributed by atoms with Gasteiger partial charge in [0.1, 0.15) is 11.4 Å². The molecule has 5 rings (SSSR count). The number of hydrogen-bond acceptors (Lipinski definition) is 7. The summed E-state index contributed by atoms with van der Waals surface area (Å²) in [5, 5.41) is 0. The second-order valence-electron chi connectivity index (χ2n) is 10.9. The van der Waals surface area contributed by atoms with Gasteiger partial charge >= 0.3 is 5.97 Å². The van der Waals surface area contributed by atoms with Gasteiger partial charge < -0.3 is 9.64 Å². The van der Waals surface area contributed by atoms with E-state index in [4.69, 9.17) is 4.74 Å². The number of aromatic nitrogens is 1. The van der Waals surface area contributed by atoms with Crippen molar-refractivity contribution in [2.75, 3.05) is 57.3 Å². The summed E-state index contributed by atoms with van der Waals surface area (Å²) in [4.78, 5) is 26.9. The van der Waals surface area contributed by atoms with E-state index in [1.807, 2.05) is 19.9 Å². The zero-order chi connectivity index (χ0) is 27.0. The number of benzene rings is 2. The van der Waals surface area contributed by atoms with Crippen molar-refractivity contribution in [1.29, 1.82) is 0 Å². The van der Waals surface area contributed by atoms with Crippen molar-refractivity contribution in [1.82, 2.24) is 19.7 Å². The van der Waals surface area contributed by atoms with Gasteiger partial charge in [-0.1, -0.05) is 54.6 Å². The molecule has 0 amide bonds. The van der Waals surface area contributed by atoms with Crippen LogP contribution in [0.5, 0.6) is 0 Å². The Bertz CT molecular complexity index is 1180. The van der Waals surface area contributed by atoms with Crippen LogP contribution in [0.1, 0.15) is 40.9 Å². The minimum absolute atomic E-state index is 0.149. The minimum atomic E-state index is -0.301. The number of carbonyl (C=O) groups is 1. The number of esters is 1. The maximum absolute atomic E-state index is 12.6. The van der Waals surface area contributed by atoms with Gasteiger partial charge in [-0.2, -0.15) is 0 Å². The Morgan fingerprint density at radius 2 is 1.18 bits per heavy atom. The number of hydrogen-bond donors (Lipinski definition) is 0. The summed E-state index contributed by atoms with van der Waals surface area (Å²) in [5.41, 5.74) is 4.68. The Morgan fingerprint density at radius 1 is 0.692 bits per heavy atom. The first kappa shape index (κ1) is 27.3. The number of nitrogens with zero attached hydrogens (tertiary/aromatic N) is 5. The molecule has 39 heavy (non-hydrogen) atoms. The number of pyridine rings is 1. The lowest BCUT2D eigenvalue weighted by Crippen LogP contribution is -2.46. The highest BCUT2D eigenvalue weighted by Crippen LogP contribution is 2.21. The Kier molecular flexibility index (Phi) is 9.24. The van der Waals surface area contributed by atoms with E-state index in [2.05, 4.69) is 79.2 Å². The molecule has 7 nitrogen and oxygen atoms in total. The summed E-state index contributed by atoms with van der Waals surface area (Å²) in [6.07, 6.45) is 1.60. The number of anilines is 1. The summed E-state index contributed by atoms with van der Waals surface area (Å²) in [7, 11) is 0. The molecule has 0 saturated carbocycles. The number of ether oxygens (including phenoxy) is 1. The molecule has 0 bridgehead atoms.